The van der Waals surface area contributed by atoms with E-state index in [-0.39, 0.29) is 5.91 Å². The summed E-state index contributed by atoms with van der Waals surface area (Å²) in [5.74, 6) is 0.759. The van der Waals surface area contributed by atoms with Crippen LogP contribution in [0.2, 0.25) is 0 Å². The van der Waals surface area contributed by atoms with E-state index >= 15 is 0 Å². The van der Waals surface area contributed by atoms with Gasteiger partial charge in [-0.3, -0.25) is 4.79 Å². The lowest BCUT2D eigenvalue weighted by atomic mass is 10.1. The summed E-state index contributed by atoms with van der Waals surface area (Å²) in [5.41, 5.74) is 2.96. The zero-order valence-electron chi connectivity index (χ0n) is 15.6. The molecular weight excluding hydrogens is 334 g/mol. The van der Waals surface area contributed by atoms with Crippen molar-refractivity contribution in [1.82, 2.24) is 10.3 Å². The molecule has 0 spiro atoms. The maximum absolute atomic E-state index is 12.3. The van der Waals surface area contributed by atoms with E-state index in [0.717, 1.165) is 30.9 Å². The second-order valence-electron chi connectivity index (χ2n) is 6.33. The Labute approximate surface area is 160 Å². The van der Waals surface area contributed by atoms with Crippen molar-refractivity contribution in [3.63, 3.8) is 0 Å². The van der Waals surface area contributed by atoms with Gasteiger partial charge in [0.15, 0.2) is 0 Å². The first-order chi connectivity index (χ1) is 13.3. The first-order valence-corrected chi connectivity index (χ1v) is 9.38. The van der Waals surface area contributed by atoms with E-state index in [0.29, 0.717) is 12.1 Å². The summed E-state index contributed by atoms with van der Waals surface area (Å²) in [6.07, 6.45) is 3.52. The molecule has 0 bridgehead atoms. The number of hydrogen-bond donors (Lipinski definition) is 1. The minimum atomic E-state index is -0.0788. The number of carbonyl (C=O) groups is 1. The zero-order valence-corrected chi connectivity index (χ0v) is 15.6. The van der Waals surface area contributed by atoms with Gasteiger partial charge in [-0.05, 0) is 49.6 Å². The number of aromatic nitrogens is 1. The number of hydrogen-bond acceptors (Lipinski definition) is 3. The smallest absolute Gasteiger partial charge is 0.252 e. The molecule has 4 heteroatoms. The van der Waals surface area contributed by atoms with Gasteiger partial charge in [-0.25, -0.2) is 4.98 Å². The first-order valence-electron chi connectivity index (χ1n) is 9.38. The van der Waals surface area contributed by atoms with Crippen molar-refractivity contribution in [3.8, 4) is 0 Å². The molecule has 0 aliphatic heterocycles. The van der Waals surface area contributed by atoms with Gasteiger partial charge in [-0.1, -0.05) is 48.5 Å². The summed E-state index contributed by atoms with van der Waals surface area (Å²) < 4.78 is 0. The topological polar surface area (TPSA) is 45.2 Å². The fraction of sp³-hybridized carbons (Fsp3) is 0.217. The SMILES string of the molecule is CCN(c1ccccc1)c1ccc(C(=O)NCCCc2ccccc2)cn1. The molecule has 0 aliphatic rings. The maximum atomic E-state index is 12.3. The van der Waals surface area contributed by atoms with Gasteiger partial charge in [0.25, 0.3) is 5.91 Å². The summed E-state index contributed by atoms with van der Waals surface area (Å²) >= 11 is 0. The fourth-order valence-electron chi connectivity index (χ4n) is 3.01. The Morgan fingerprint density at radius 2 is 1.67 bits per heavy atom. The number of nitrogens with one attached hydrogen (secondary N) is 1. The molecule has 3 rings (SSSR count). The van der Waals surface area contributed by atoms with Gasteiger partial charge >= 0.3 is 0 Å². The average molecular weight is 359 g/mol. The Kier molecular flexibility index (Phi) is 6.58. The van der Waals surface area contributed by atoms with Crippen LogP contribution < -0.4 is 10.2 Å². The molecule has 0 saturated carbocycles. The third-order valence-electron chi connectivity index (χ3n) is 4.44. The van der Waals surface area contributed by atoms with Crippen LogP contribution >= 0.6 is 0 Å². The van der Waals surface area contributed by atoms with Gasteiger partial charge in [0.2, 0.25) is 0 Å². The highest BCUT2D eigenvalue weighted by atomic mass is 16.1. The summed E-state index contributed by atoms with van der Waals surface area (Å²) in [6.45, 7) is 3.55. The second-order valence-corrected chi connectivity index (χ2v) is 6.33. The molecule has 1 N–H and O–H groups in total. The van der Waals surface area contributed by atoms with Crippen LogP contribution in [0.4, 0.5) is 11.5 Å². The highest BCUT2D eigenvalue weighted by Crippen LogP contribution is 2.22. The van der Waals surface area contributed by atoms with Crippen LogP contribution in [0.25, 0.3) is 0 Å². The van der Waals surface area contributed by atoms with Gasteiger partial charge in [-0.2, -0.15) is 0 Å². The van der Waals surface area contributed by atoms with E-state index in [4.69, 9.17) is 0 Å². The number of amides is 1. The van der Waals surface area contributed by atoms with Crippen molar-refractivity contribution in [2.24, 2.45) is 0 Å². The number of para-hydroxylation sites is 1. The Morgan fingerprint density at radius 1 is 0.963 bits per heavy atom. The Balaban J connectivity index is 1.54. The first kappa shape index (κ1) is 18.6. The van der Waals surface area contributed by atoms with Gasteiger partial charge in [-0.15, -0.1) is 0 Å². The number of pyridine rings is 1. The minimum absolute atomic E-state index is 0.0788. The van der Waals surface area contributed by atoms with Crippen LogP contribution in [0.3, 0.4) is 0 Å². The van der Waals surface area contributed by atoms with E-state index in [2.05, 4.69) is 46.4 Å². The summed E-state index contributed by atoms with van der Waals surface area (Å²) in [4.78, 5) is 18.9. The average Bonchev–Trinajstić information content (AvgIpc) is 2.74. The lowest BCUT2D eigenvalue weighted by molar-refractivity contribution is 0.0953. The molecule has 0 fully saturated rings. The Morgan fingerprint density at radius 3 is 2.30 bits per heavy atom. The zero-order chi connectivity index (χ0) is 18.9. The van der Waals surface area contributed by atoms with Crippen molar-refractivity contribution in [1.29, 1.82) is 0 Å². The third-order valence-corrected chi connectivity index (χ3v) is 4.44. The van der Waals surface area contributed by atoms with Crippen LogP contribution in [-0.4, -0.2) is 24.0 Å². The van der Waals surface area contributed by atoms with Crippen LogP contribution in [-0.2, 0) is 6.42 Å². The molecule has 0 aliphatic carbocycles. The molecule has 4 nitrogen and oxygen atoms in total. The highest BCUT2D eigenvalue weighted by Gasteiger charge is 2.10. The second kappa shape index (κ2) is 9.53. The number of rotatable bonds is 8. The van der Waals surface area contributed by atoms with E-state index in [1.54, 1.807) is 6.20 Å². The van der Waals surface area contributed by atoms with Gasteiger partial charge < -0.3 is 10.2 Å². The van der Waals surface area contributed by atoms with Gasteiger partial charge in [0, 0.05) is 25.0 Å². The number of anilines is 2. The van der Waals surface area contributed by atoms with E-state index in [1.807, 2.05) is 48.5 Å². The number of nitrogens with zero attached hydrogens (tertiary/aromatic N) is 2. The molecule has 27 heavy (non-hydrogen) atoms. The Bertz CT molecular complexity index is 833. The van der Waals surface area contributed by atoms with Crippen molar-refractivity contribution in [2.45, 2.75) is 19.8 Å². The normalized spacial score (nSPS) is 10.4. The quantitative estimate of drug-likeness (QED) is 0.598. The predicted octanol–water partition coefficient (Wildman–Crippen LogP) is 4.60. The van der Waals surface area contributed by atoms with Crippen molar-refractivity contribution >= 4 is 17.4 Å². The van der Waals surface area contributed by atoms with Crippen LogP contribution in [0, 0.1) is 0 Å². The summed E-state index contributed by atoms with van der Waals surface area (Å²) in [5, 5.41) is 2.97. The van der Waals surface area contributed by atoms with Crippen molar-refractivity contribution < 1.29 is 4.79 Å². The van der Waals surface area contributed by atoms with Gasteiger partial charge in [0.1, 0.15) is 5.82 Å². The van der Waals surface area contributed by atoms with Crippen molar-refractivity contribution in [3.05, 3.63) is 90.1 Å². The molecule has 1 aromatic heterocycles. The van der Waals surface area contributed by atoms with Crippen LogP contribution in [0.1, 0.15) is 29.3 Å². The molecular formula is C23H25N3O. The largest absolute Gasteiger partial charge is 0.352 e. The molecule has 138 valence electrons. The minimum Gasteiger partial charge on any atom is -0.352 e. The Hall–Kier alpha value is -3.14. The van der Waals surface area contributed by atoms with Gasteiger partial charge in [0.05, 0.1) is 5.56 Å². The molecule has 0 unspecified atom stereocenters. The summed E-state index contributed by atoms with van der Waals surface area (Å²) in [7, 11) is 0. The monoisotopic (exact) mass is 359 g/mol. The van der Waals surface area contributed by atoms with E-state index < -0.39 is 0 Å². The molecule has 0 radical (unpaired) electrons. The van der Waals surface area contributed by atoms with Crippen molar-refractivity contribution in [2.75, 3.05) is 18.0 Å². The predicted molar refractivity (Wildman–Crippen MR) is 110 cm³/mol. The number of benzene rings is 2. The van der Waals surface area contributed by atoms with Crippen LogP contribution in [0.5, 0.6) is 0 Å². The maximum Gasteiger partial charge on any atom is 0.252 e. The molecule has 2 aromatic carbocycles. The third kappa shape index (κ3) is 5.17. The standard InChI is InChI=1S/C23H25N3O/c1-2-26(21-13-7-4-8-14-21)22-16-15-20(18-25-22)23(27)24-17-9-12-19-10-5-3-6-11-19/h3-8,10-11,13-16,18H,2,9,12,17H2,1H3,(H,24,27). The number of aryl methyl sites for hydroxylation is 1. The number of carbonyl (C=O) groups excluding carboxylic acids is 1. The lowest BCUT2D eigenvalue weighted by Gasteiger charge is -2.22. The summed E-state index contributed by atoms with van der Waals surface area (Å²) in [6, 6.07) is 24.2. The molecule has 0 atom stereocenters. The lowest BCUT2D eigenvalue weighted by Crippen LogP contribution is -2.25. The molecule has 0 saturated heterocycles. The molecule has 1 amide bonds. The molecule has 3 aromatic rings. The highest BCUT2D eigenvalue weighted by molar-refractivity contribution is 5.94. The fourth-order valence-corrected chi connectivity index (χ4v) is 3.01. The molecule has 1 heterocycles. The van der Waals surface area contributed by atoms with E-state index in [9.17, 15) is 4.79 Å². The van der Waals surface area contributed by atoms with Crippen LogP contribution in [0.15, 0.2) is 79.0 Å². The van der Waals surface area contributed by atoms with E-state index in [1.165, 1.54) is 5.56 Å².